The van der Waals surface area contributed by atoms with E-state index in [1.165, 1.54) is 71.1 Å². The molecule has 1 rings (SSSR count). The molecule has 0 N–H and O–H groups in total. The predicted octanol–water partition coefficient (Wildman–Crippen LogP) is 5.64. The van der Waals surface area contributed by atoms with Crippen molar-refractivity contribution in [2.24, 2.45) is 0 Å². The third-order valence-electron chi connectivity index (χ3n) is 4.71. The second-order valence-corrected chi connectivity index (χ2v) is 7.79. The highest BCUT2D eigenvalue weighted by Crippen LogP contribution is 2.22. The Morgan fingerprint density at radius 1 is 1.04 bits per heavy atom. The third-order valence-corrected chi connectivity index (χ3v) is 4.71. The molecule has 0 unspecified atom stereocenters. The first-order valence-corrected chi connectivity index (χ1v) is 10.1. The molecule has 0 spiro atoms. The highest BCUT2D eigenvalue weighted by Gasteiger charge is 2.27. The maximum Gasteiger partial charge on any atom is 0.302 e. The summed E-state index contributed by atoms with van der Waals surface area (Å²) in [6.45, 7) is 9.24. The van der Waals surface area contributed by atoms with Crippen molar-refractivity contribution in [1.82, 2.24) is 9.55 Å². The monoisotopic (exact) mass is 350 g/mol. The summed E-state index contributed by atoms with van der Waals surface area (Å²) in [5, 5.41) is 0. The molecular formula is C21H38N2O2. The van der Waals surface area contributed by atoms with Crippen molar-refractivity contribution in [3.05, 3.63) is 18.2 Å². The number of carbonyl (C=O) groups excluding carboxylic acids is 1. The lowest BCUT2D eigenvalue weighted by Crippen LogP contribution is -2.29. The van der Waals surface area contributed by atoms with Crippen molar-refractivity contribution in [3.63, 3.8) is 0 Å². The van der Waals surface area contributed by atoms with Crippen LogP contribution in [-0.2, 0) is 21.5 Å². The molecule has 0 amide bonds. The number of esters is 1. The lowest BCUT2D eigenvalue weighted by atomic mass is 9.93. The van der Waals surface area contributed by atoms with Gasteiger partial charge in [0.15, 0.2) is 0 Å². The fraction of sp³-hybridized carbons (Fsp3) is 0.810. The minimum atomic E-state index is -0.256. The van der Waals surface area contributed by atoms with Crippen LogP contribution in [0.4, 0.5) is 0 Å². The molecule has 4 heteroatoms. The zero-order valence-corrected chi connectivity index (χ0v) is 16.9. The van der Waals surface area contributed by atoms with E-state index in [4.69, 9.17) is 4.74 Å². The SMILES string of the molecule is CCCCCCCCCCCCn1ccnc1C(C)(C)COC(C)=O. The first-order valence-electron chi connectivity index (χ1n) is 10.1. The van der Waals surface area contributed by atoms with E-state index >= 15 is 0 Å². The molecule has 144 valence electrons. The molecular weight excluding hydrogens is 312 g/mol. The molecule has 1 heterocycles. The predicted molar refractivity (Wildman–Crippen MR) is 104 cm³/mol. The summed E-state index contributed by atoms with van der Waals surface area (Å²) >= 11 is 0. The molecule has 0 bridgehead atoms. The third kappa shape index (κ3) is 9.08. The first kappa shape index (κ1) is 21.7. The largest absolute Gasteiger partial charge is 0.465 e. The molecule has 0 aliphatic carbocycles. The van der Waals surface area contributed by atoms with Crippen LogP contribution in [0.5, 0.6) is 0 Å². The van der Waals surface area contributed by atoms with Gasteiger partial charge in [0, 0.05) is 25.9 Å². The molecule has 0 atom stereocenters. The lowest BCUT2D eigenvalue weighted by molar-refractivity contribution is -0.142. The molecule has 0 saturated heterocycles. The zero-order valence-electron chi connectivity index (χ0n) is 16.9. The standard InChI is InChI=1S/C21H38N2O2/c1-5-6-7-8-9-10-11-12-13-14-16-23-17-15-22-20(23)21(3,4)18-25-19(2)24/h15,17H,5-14,16,18H2,1-4H3. The van der Waals surface area contributed by atoms with Gasteiger partial charge in [0.25, 0.3) is 0 Å². The number of imidazole rings is 1. The van der Waals surface area contributed by atoms with E-state index in [0.717, 1.165) is 12.4 Å². The molecule has 0 radical (unpaired) electrons. The summed E-state index contributed by atoms with van der Waals surface area (Å²) in [6, 6.07) is 0. The van der Waals surface area contributed by atoms with Crippen molar-refractivity contribution in [1.29, 1.82) is 0 Å². The lowest BCUT2D eigenvalue weighted by Gasteiger charge is -2.24. The first-order chi connectivity index (χ1) is 12.0. The van der Waals surface area contributed by atoms with E-state index in [2.05, 4.69) is 30.3 Å². The Kier molecular flexibility index (Phi) is 10.5. The second kappa shape index (κ2) is 12.1. The normalized spacial score (nSPS) is 11.7. The smallest absolute Gasteiger partial charge is 0.302 e. The summed E-state index contributed by atoms with van der Waals surface area (Å²) in [4.78, 5) is 15.6. The molecule has 1 aromatic heterocycles. The number of hydrogen-bond acceptors (Lipinski definition) is 3. The van der Waals surface area contributed by atoms with E-state index < -0.39 is 0 Å². The van der Waals surface area contributed by atoms with Crippen LogP contribution in [0, 0.1) is 0 Å². The summed E-state index contributed by atoms with van der Waals surface area (Å²) in [6.07, 6.45) is 17.3. The topological polar surface area (TPSA) is 44.1 Å². The Bertz CT molecular complexity index is 480. The maximum absolute atomic E-state index is 11.1. The van der Waals surface area contributed by atoms with Gasteiger partial charge in [-0.1, -0.05) is 64.7 Å². The van der Waals surface area contributed by atoms with E-state index in [-0.39, 0.29) is 11.4 Å². The van der Waals surface area contributed by atoms with Gasteiger partial charge in [0.05, 0.1) is 5.41 Å². The number of nitrogens with zero attached hydrogens (tertiary/aromatic N) is 2. The fourth-order valence-corrected chi connectivity index (χ4v) is 3.19. The van der Waals surface area contributed by atoms with E-state index in [9.17, 15) is 4.79 Å². The van der Waals surface area contributed by atoms with Gasteiger partial charge in [-0.05, 0) is 20.3 Å². The molecule has 4 nitrogen and oxygen atoms in total. The van der Waals surface area contributed by atoms with Gasteiger partial charge >= 0.3 is 5.97 Å². The van der Waals surface area contributed by atoms with Gasteiger partial charge in [-0.25, -0.2) is 4.98 Å². The molecule has 0 aliphatic heterocycles. The molecule has 1 aromatic rings. The molecule has 0 aliphatic rings. The Hall–Kier alpha value is -1.32. The van der Waals surface area contributed by atoms with E-state index in [1.807, 2.05) is 12.4 Å². The van der Waals surface area contributed by atoms with E-state index in [1.54, 1.807) is 0 Å². The van der Waals surface area contributed by atoms with Crippen LogP contribution in [0.2, 0.25) is 0 Å². The Balaban J connectivity index is 2.21. The minimum Gasteiger partial charge on any atom is -0.465 e. The van der Waals surface area contributed by atoms with Crippen LogP contribution in [0.1, 0.15) is 97.7 Å². The Labute approximate surface area is 154 Å². The fourth-order valence-electron chi connectivity index (χ4n) is 3.19. The summed E-state index contributed by atoms with van der Waals surface area (Å²) in [5.41, 5.74) is -0.256. The van der Waals surface area contributed by atoms with Crippen LogP contribution >= 0.6 is 0 Å². The quantitative estimate of drug-likeness (QED) is 0.322. The van der Waals surface area contributed by atoms with Gasteiger partial charge < -0.3 is 9.30 Å². The van der Waals surface area contributed by atoms with Gasteiger partial charge in [0.1, 0.15) is 12.4 Å². The van der Waals surface area contributed by atoms with Gasteiger partial charge in [-0.3, -0.25) is 4.79 Å². The van der Waals surface area contributed by atoms with Gasteiger partial charge in [-0.15, -0.1) is 0 Å². The van der Waals surface area contributed by atoms with Crippen molar-refractivity contribution in [2.75, 3.05) is 6.61 Å². The minimum absolute atomic E-state index is 0.235. The summed E-state index contributed by atoms with van der Waals surface area (Å²) in [5.74, 6) is 0.769. The van der Waals surface area contributed by atoms with Crippen molar-refractivity contribution in [2.45, 2.75) is 104 Å². The Morgan fingerprint density at radius 3 is 2.16 bits per heavy atom. The zero-order chi connectivity index (χ0) is 18.5. The van der Waals surface area contributed by atoms with Crippen molar-refractivity contribution < 1.29 is 9.53 Å². The molecule has 0 saturated carbocycles. The second-order valence-electron chi connectivity index (χ2n) is 7.79. The van der Waals surface area contributed by atoms with Crippen LogP contribution in [0.15, 0.2) is 12.4 Å². The van der Waals surface area contributed by atoms with E-state index in [0.29, 0.717) is 6.61 Å². The molecule has 25 heavy (non-hydrogen) atoms. The number of rotatable bonds is 14. The molecule has 0 fully saturated rings. The van der Waals surface area contributed by atoms with Crippen molar-refractivity contribution in [3.8, 4) is 0 Å². The van der Waals surface area contributed by atoms with Crippen LogP contribution < -0.4 is 0 Å². The van der Waals surface area contributed by atoms with Crippen LogP contribution in [-0.4, -0.2) is 22.1 Å². The number of unbranched alkanes of at least 4 members (excludes halogenated alkanes) is 9. The number of carbonyl (C=O) groups is 1. The van der Waals surface area contributed by atoms with Crippen molar-refractivity contribution >= 4 is 5.97 Å². The number of aromatic nitrogens is 2. The summed E-state index contributed by atoms with van der Waals surface area (Å²) in [7, 11) is 0. The van der Waals surface area contributed by atoms with Crippen LogP contribution in [0.3, 0.4) is 0 Å². The maximum atomic E-state index is 11.1. The highest BCUT2D eigenvalue weighted by atomic mass is 16.5. The van der Waals surface area contributed by atoms with Gasteiger partial charge in [0.2, 0.25) is 0 Å². The van der Waals surface area contributed by atoms with Gasteiger partial charge in [-0.2, -0.15) is 0 Å². The highest BCUT2D eigenvalue weighted by molar-refractivity contribution is 5.66. The average molecular weight is 351 g/mol. The van der Waals surface area contributed by atoms with Crippen LogP contribution in [0.25, 0.3) is 0 Å². The number of aryl methyl sites for hydroxylation is 1. The number of hydrogen-bond donors (Lipinski definition) is 0. The summed E-state index contributed by atoms with van der Waals surface area (Å²) < 4.78 is 7.41. The average Bonchev–Trinajstić information content (AvgIpc) is 3.04. The number of ether oxygens (including phenoxy) is 1. The Morgan fingerprint density at radius 2 is 1.60 bits per heavy atom. The molecule has 0 aromatic carbocycles.